The third-order valence-electron chi connectivity index (χ3n) is 16.6. The normalized spacial score (nSPS) is 12.4. The first-order valence-electron chi connectivity index (χ1n) is 25.7. The lowest BCUT2D eigenvalue weighted by molar-refractivity contribution is 1.12. The Kier molecular flexibility index (Phi) is 8.10. The lowest BCUT2D eigenvalue weighted by Crippen LogP contribution is -2.59. The molecule has 348 valence electrons. The molecule has 0 spiro atoms. The average Bonchev–Trinajstić information content (AvgIpc) is 4.26. The molecule has 0 atom stereocenters. The zero-order valence-corrected chi connectivity index (χ0v) is 40.6. The molecule has 2 aliphatic rings. The molecular weight excluding hydrogens is 926 g/mol. The molecule has 11 aromatic carbocycles. The lowest BCUT2D eigenvalue weighted by Gasteiger charge is -2.38. The van der Waals surface area contributed by atoms with Crippen molar-refractivity contribution in [2.75, 3.05) is 4.90 Å². The molecule has 7 nitrogen and oxygen atoms in total. The van der Waals surface area contributed by atoms with Crippen molar-refractivity contribution >= 4 is 133 Å². The summed E-state index contributed by atoms with van der Waals surface area (Å²) in [5, 5.41) is 21.5. The highest BCUT2D eigenvalue weighted by atomic mass is 15.2. The van der Waals surface area contributed by atoms with Crippen LogP contribution in [-0.4, -0.2) is 25.0 Å². The van der Waals surface area contributed by atoms with Gasteiger partial charge in [0.25, 0.3) is 6.71 Å². The predicted molar refractivity (Wildman–Crippen MR) is 314 cm³/mol. The van der Waals surface area contributed by atoms with Crippen LogP contribution in [0.5, 0.6) is 0 Å². The van der Waals surface area contributed by atoms with Gasteiger partial charge in [-0.25, -0.2) is 4.85 Å². The largest absolute Gasteiger partial charge is 0.320 e. The molecule has 17 rings (SSSR count). The van der Waals surface area contributed by atoms with Gasteiger partial charge in [-0.05, 0) is 101 Å². The molecule has 0 amide bonds. The summed E-state index contributed by atoms with van der Waals surface area (Å²) in [6, 6.07) is 84.9. The number of fused-ring (bicyclic) bond motifs is 16. The van der Waals surface area contributed by atoms with Crippen LogP contribution in [-0.2, 0) is 0 Å². The zero-order valence-electron chi connectivity index (χ0n) is 40.6. The first-order chi connectivity index (χ1) is 37.7. The predicted octanol–water partition coefficient (Wildman–Crippen LogP) is 15.1. The number of para-hydroxylation sites is 8. The van der Waals surface area contributed by atoms with Gasteiger partial charge in [0.2, 0.25) is 5.69 Å². The standard InChI is InChI=1S/C68H38BN7/c1-71-63-67(53(40-70)66-62-68(63)76-61-31-13-7-21-50(61)52-23-15-25-55(65(52)76)69(62)54-24-14-22-51-49-20-6-12-30-60(49)75(66)64(51)54)72(41-32-36-43(37-33-41)73-56-26-8-2-16-45(56)46-17-3-9-27-57(46)73)42-34-38-44(39-35-42)74-58-28-10-4-18-47(58)48-19-5-11-29-59(48)74/h2-39H. The van der Waals surface area contributed by atoms with Crippen molar-refractivity contribution in [3.05, 3.63) is 248 Å². The van der Waals surface area contributed by atoms with E-state index in [1.165, 1.54) is 21.5 Å². The molecule has 0 bridgehead atoms. The van der Waals surface area contributed by atoms with E-state index in [0.717, 1.165) is 116 Å². The van der Waals surface area contributed by atoms with Gasteiger partial charge in [-0.15, -0.1) is 0 Å². The van der Waals surface area contributed by atoms with E-state index < -0.39 is 0 Å². The third kappa shape index (κ3) is 5.14. The van der Waals surface area contributed by atoms with E-state index in [2.05, 4.69) is 265 Å². The lowest BCUT2D eigenvalue weighted by atomic mass is 9.34. The minimum Gasteiger partial charge on any atom is -0.320 e. The molecule has 2 aliphatic heterocycles. The summed E-state index contributed by atoms with van der Waals surface area (Å²) in [4.78, 5) is 6.85. The van der Waals surface area contributed by atoms with Crippen LogP contribution < -0.4 is 21.3 Å². The fraction of sp³-hybridized carbons (Fsp3) is 0. The smallest absolute Gasteiger partial charge is 0.250 e. The molecule has 0 saturated heterocycles. The number of anilines is 3. The molecule has 0 fully saturated rings. The van der Waals surface area contributed by atoms with Crippen LogP contribution in [0.3, 0.4) is 0 Å². The summed E-state index contributed by atoms with van der Waals surface area (Å²) >= 11 is 0. The number of hydrogen-bond acceptors (Lipinski definition) is 2. The average molecular weight is 964 g/mol. The molecule has 8 heteroatoms. The minimum atomic E-state index is -0.253. The van der Waals surface area contributed by atoms with Gasteiger partial charge in [0, 0.05) is 76.9 Å². The number of hydrogen-bond donors (Lipinski definition) is 0. The third-order valence-corrected chi connectivity index (χ3v) is 16.6. The molecule has 0 saturated carbocycles. The first-order valence-corrected chi connectivity index (χ1v) is 25.7. The van der Waals surface area contributed by atoms with Crippen LogP contribution in [0.2, 0.25) is 0 Å². The van der Waals surface area contributed by atoms with Gasteiger partial charge >= 0.3 is 0 Å². The Morgan fingerprint density at radius 2 is 0.724 bits per heavy atom. The molecule has 0 N–H and O–H groups in total. The number of aromatic nitrogens is 4. The maximum Gasteiger partial charge on any atom is 0.250 e. The van der Waals surface area contributed by atoms with Crippen LogP contribution >= 0.6 is 0 Å². The van der Waals surface area contributed by atoms with E-state index in [-0.39, 0.29) is 6.71 Å². The highest BCUT2D eigenvalue weighted by Crippen LogP contribution is 2.52. The molecular formula is C68H38BN7. The maximum atomic E-state index is 12.2. The Labute approximate surface area is 435 Å². The first kappa shape index (κ1) is 41.0. The van der Waals surface area contributed by atoms with E-state index in [4.69, 9.17) is 0 Å². The highest BCUT2D eigenvalue weighted by molar-refractivity contribution is 7.00. The van der Waals surface area contributed by atoms with Crippen molar-refractivity contribution in [3.8, 4) is 28.8 Å². The van der Waals surface area contributed by atoms with Gasteiger partial charge < -0.3 is 23.2 Å². The quantitative estimate of drug-likeness (QED) is 0.127. The summed E-state index contributed by atoms with van der Waals surface area (Å²) in [7, 11) is 0. The number of nitriles is 1. The molecule has 15 aromatic rings. The summed E-state index contributed by atoms with van der Waals surface area (Å²) in [5.41, 5.74) is 18.7. The number of nitrogens with zero attached hydrogens (tertiary/aromatic N) is 7. The molecule has 0 unspecified atom stereocenters. The van der Waals surface area contributed by atoms with Gasteiger partial charge in [-0.2, -0.15) is 5.26 Å². The fourth-order valence-corrected chi connectivity index (χ4v) is 13.7. The van der Waals surface area contributed by atoms with Crippen molar-refractivity contribution in [1.29, 1.82) is 5.26 Å². The Balaban J connectivity index is 0.998. The maximum absolute atomic E-state index is 12.2. The van der Waals surface area contributed by atoms with Crippen molar-refractivity contribution in [2.45, 2.75) is 0 Å². The van der Waals surface area contributed by atoms with Gasteiger partial charge in [0.05, 0.1) is 62.3 Å². The van der Waals surface area contributed by atoms with E-state index in [1.807, 2.05) is 0 Å². The van der Waals surface area contributed by atoms with Crippen LogP contribution in [0.4, 0.5) is 22.7 Å². The molecule has 76 heavy (non-hydrogen) atoms. The van der Waals surface area contributed by atoms with Crippen molar-refractivity contribution in [1.82, 2.24) is 18.3 Å². The van der Waals surface area contributed by atoms with Crippen LogP contribution in [0, 0.1) is 17.9 Å². The van der Waals surface area contributed by atoms with Gasteiger partial charge in [0.15, 0.2) is 0 Å². The van der Waals surface area contributed by atoms with E-state index in [9.17, 15) is 11.8 Å². The summed E-state index contributed by atoms with van der Waals surface area (Å²) in [6.07, 6.45) is 0. The van der Waals surface area contributed by atoms with Gasteiger partial charge in [-0.3, -0.25) is 0 Å². The summed E-state index contributed by atoms with van der Waals surface area (Å²) < 4.78 is 9.34. The number of benzene rings is 11. The van der Waals surface area contributed by atoms with Crippen molar-refractivity contribution in [3.63, 3.8) is 0 Å². The second-order valence-corrected chi connectivity index (χ2v) is 20.1. The van der Waals surface area contributed by atoms with E-state index in [0.29, 0.717) is 16.9 Å². The molecule has 4 aromatic heterocycles. The zero-order chi connectivity index (χ0) is 49.9. The van der Waals surface area contributed by atoms with Crippen LogP contribution in [0.1, 0.15) is 5.56 Å². The summed E-state index contributed by atoms with van der Waals surface area (Å²) in [5.74, 6) is 0. The van der Waals surface area contributed by atoms with Crippen molar-refractivity contribution in [2.24, 2.45) is 0 Å². The monoisotopic (exact) mass is 963 g/mol. The summed E-state index contributed by atoms with van der Waals surface area (Å²) in [6.45, 7) is 9.30. The fourth-order valence-electron chi connectivity index (χ4n) is 13.7. The van der Waals surface area contributed by atoms with E-state index in [1.54, 1.807) is 0 Å². The molecule has 0 aliphatic carbocycles. The van der Waals surface area contributed by atoms with Crippen molar-refractivity contribution < 1.29 is 0 Å². The Morgan fingerprint density at radius 3 is 1.11 bits per heavy atom. The Hall–Kier alpha value is -10.5. The van der Waals surface area contributed by atoms with Crippen LogP contribution in [0.15, 0.2) is 231 Å². The Morgan fingerprint density at radius 1 is 0.382 bits per heavy atom. The Bertz CT molecular complexity index is 4730. The second kappa shape index (κ2) is 15.0. The number of rotatable bonds is 5. The highest BCUT2D eigenvalue weighted by Gasteiger charge is 2.45. The topological polar surface area (TPSA) is 51.1 Å². The van der Waals surface area contributed by atoms with Gasteiger partial charge in [-0.1, -0.05) is 146 Å². The molecule has 6 heterocycles. The van der Waals surface area contributed by atoms with E-state index >= 15 is 0 Å². The second-order valence-electron chi connectivity index (χ2n) is 20.1. The SMILES string of the molecule is [C-]#[N+]c1c(N(c2ccc(-n3c4ccccc4c4ccccc43)cc2)c2ccc(-n3c4ccccc4c4ccccc43)cc2)c(C#N)c2c3c1-n1c4ccccc4c4cccc(c41)B3c1cccc3c4ccccc4n-2c13. The molecule has 0 radical (unpaired) electrons. The van der Waals surface area contributed by atoms with Gasteiger partial charge in [0.1, 0.15) is 6.07 Å². The van der Waals surface area contributed by atoms with Crippen LogP contribution in [0.25, 0.3) is 115 Å². The minimum absolute atomic E-state index is 0.253.